The van der Waals surface area contributed by atoms with Crippen molar-refractivity contribution in [2.45, 2.75) is 18.4 Å². The zero-order valence-corrected chi connectivity index (χ0v) is 12.6. The first-order chi connectivity index (χ1) is 8.92. The molecule has 0 atom stereocenters. The van der Waals surface area contributed by atoms with Crippen molar-refractivity contribution in [2.24, 2.45) is 0 Å². The summed E-state index contributed by atoms with van der Waals surface area (Å²) in [6.07, 6.45) is 0. The van der Waals surface area contributed by atoms with Gasteiger partial charge in [0.2, 0.25) is 10.0 Å². The van der Waals surface area contributed by atoms with E-state index in [0.29, 0.717) is 0 Å². The van der Waals surface area contributed by atoms with Gasteiger partial charge in [-0.15, -0.1) is 11.3 Å². The molecule has 3 N–H and O–H groups in total. The average molecular weight is 317 g/mol. The summed E-state index contributed by atoms with van der Waals surface area (Å²) < 4.78 is 26.9. The van der Waals surface area contributed by atoms with Gasteiger partial charge in [-0.2, -0.15) is 0 Å². The van der Waals surface area contributed by atoms with Crippen LogP contribution in [0.15, 0.2) is 34.5 Å². The topological polar surface area (TPSA) is 72.2 Å². The average Bonchev–Trinajstić information content (AvgIpc) is 2.72. The highest BCUT2D eigenvalue weighted by molar-refractivity contribution is 7.89. The van der Waals surface area contributed by atoms with Gasteiger partial charge in [-0.25, -0.2) is 13.1 Å². The second-order valence-electron chi connectivity index (χ2n) is 4.01. The molecule has 2 aromatic rings. The number of hydrogen-bond acceptors (Lipinski definition) is 4. The fraction of sp³-hybridized carbons (Fsp3) is 0.167. The van der Waals surface area contributed by atoms with E-state index in [1.165, 1.54) is 23.5 Å². The molecule has 1 heterocycles. The zero-order valence-electron chi connectivity index (χ0n) is 10.2. The van der Waals surface area contributed by atoms with Crippen LogP contribution >= 0.6 is 22.9 Å². The van der Waals surface area contributed by atoms with Crippen LogP contribution < -0.4 is 10.5 Å². The minimum Gasteiger partial charge on any atom is -0.398 e. The standard InChI is InChI=1S/C12H13ClN2O2S2/c1-8-5-6-18-11(8)7-15-19(16,17)12-9(13)3-2-4-10(12)14/h2-6,15H,7,14H2,1H3. The lowest BCUT2D eigenvalue weighted by molar-refractivity contribution is 0.582. The third-order valence-electron chi connectivity index (χ3n) is 2.66. The fourth-order valence-corrected chi connectivity index (χ4v) is 4.23. The predicted molar refractivity (Wildman–Crippen MR) is 78.9 cm³/mol. The van der Waals surface area contributed by atoms with Gasteiger partial charge in [-0.3, -0.25) is 0 Å². The first kappa shape index (κ1) is 14.3. The van der Waals surface area contributed by atoms with Crippen LogP contribution in [0.4, 0.5) is 5.69 Å². The molecule has 1 aromatic carbocycles. The van der Waals surface area contributed by atoms with Crippen molar-refractivity contribution in [3.05, 3.63) is 45.1 Å². The Balaban J connectivity index is 2.26. The summed E-state index contributed by atoms with van der Waals surface area (Å²) in [6, 6.07) is 6.57. The number of thiophene rings is 1. The maximum atomic E-state index is 12.2. The molecule has 1 aromatic heterocycles. The Morgan fingerprint density at radius 1 is 1.37 bits per heavy atom. The maximum absolute atomic E-state index is 12.2. The number of nitrogen functional groups attached to an aromatic ring is 1. The van der Waals surface area contributed by atoms with E-state index in [-0.39, 0.29) is 22.2 Å². The summed E-state index contributed by atoms with van der Waals surface area (Å²) in [4.78, 5) is 0.903. The molecule has 2 rings (SSSR count). The van der Waals surface area contributed by atoms with Gasteiger partial charge in [0, 0.05) is 11.4 Å². The fourth-order valence-electron chi connectivity index (χ4n) is 1.63. The third kappa shape index (κ3) is 3.09. The first-order valence-corrected chi connectivity index (χ1v) is 8.22. The van der Waals surface area contributed by atoms with E-state index in [1.54, 1.807) is 6.07 Å². The van der Waals surface area contributed by atoms with Crippen LogP contribution in [0, 0.1) is 6.92 Å². The molecule has 0 bridgehead atoms. The van der Waals surface area contributed by atoms with Gasteiger partial charge in [0.05, 0.1) is 10.7 Å². The molecule has 4 nitrogen and oxygen atoms in total. The molecule has 0 unspecified atom stereocenters. The van der Waals surface area contributed by atoms with E-state index in [4.69, 9.17) is 17.3 Å². The highest BCUT2D eigenvalue weighted by atomic mass is 35.5. The van der Waals surface area contributed by atoms with Crippen LogP contribution in [-0.4, -0.2) is 8.42 Å². The molecule has 0 saturated heterocycles. The normalized spacial score (nSPS) is 11.7. The molecule has 0 fully saturated rings. The SMILES string of the molecule is Cc1ccsc1CNS(=O)(=O)c1c(N)cccc1Cl. The number of nitrogens with two attached hydrogens (primary N) is 1. The van der Waals surface area contributed by atoms with Crippen molar-refractivity contribution in [1.82, 2.24) is 4.72 Å². The van der Waals surface area contributed by atoms with Gasteiger partial charge in [0.15, 0.2) is 0 Å². The van der Waals surface area contributed by atoms with E-state index in [2.05, 4.69) is 4.72 Å². The zero-order chi connectivity index (χ0) is 14.0. The monoisotopic (exact) mass is 316 g/mol. The summed E-state index contributed by atoms with van der Waals surface area (Å²) in [5.74, 6) is 0. The van der Waals surface area contributed by atoms with Crippen LogP contribution in [0.2, 0.25) is 5.02 Å². The van der Waals surface area contributed by atoms with Crippen LogP contribution in [-0.2, 0) is 16.6 Å². The van der Waals surface area contributed by atoms with Gasteiger partial charge in [0.25, 0.3) is 0 Å². The summed E-state index contributed by atoms with van der Waals surface area (Å²) >= 11 is 7.41. The second-order valence-corrected chi connectivity index (χ2v) is 7.12. The molecular weight excluding hydrogens is 304 g/mol. The number of benzene rings is 1. The number of halogens is 1. The van der Waals surface area contributed by atoms with Gasteiger partial charge in [0.1, 0.15) is 4.90 Å². The number of nitrogens with one attached hydrogen (secondary N) is 1. The maximum Gasteiger partial charge on any atom is 0.244 e. The lowest BCUT2D eigenvalue weighted by atomic mass is 10.3. The Labute approximate surface area is 121 Å². The van der Waals surface area contributed by atoms with E-state index >= 15 is 0 Å². The van der Waals surface area contributed by atoms with Gasteiger partial charge in [-0.1, -0.05) is 17.7 Å². The molecule has 0 saturated carbocycles. The number of anilines is 1. The molecule has 0 amide bonds. The van der Waals surface area contributed by atoms with Gasteiger partial charge < -0.3 is 5.73 Å². The minimum atomic E-state index is -3.71. The molecule has 7 heteroatoms. The molecule has 0 aliphatic rings. The highest BCUT2D eigenvalue weighted by Gasteiger charge is 2.21. The van der Waals surface area contributed by atoms with Crippen molar-refractivity contribution in [3.63, 3.8) is 0 Å². The van der Waals surface area contributed by atoms with Crippen LogP contribution in [0.1, 0.15) is 10.4 Å². The Kier molecular flexibility index (Phi) is 4.15. The lowest BCUT2D eigenvalue weighted by Gasteiger charge is -2.10. The Morgan fingerprint density at radius 3 is 2.68 bits per heavy atom. The van der Waals surface area contributed by atoms with Crippen LogP contribution in [0.5, 0.6) is 0 Å². The molecular formula is C12H13ClN2O2S2. The first-order valence-electron chi connectivity index (χ1n) is 5.48. The van der Waals surface area contributed by atoms with Crippen molar-refractivity contribution >= 4 is 38.6 Å². The van der Waals surface area contributed by atoms with Crippen LogP contribution in [0.3, 0.4) is 0 Å². The van der Waals surface area contributed by atoms with E-state index in [9.17, 15) is 8.42 Å². The number of hydrogen-bond donors (Lipinski definition) is 2. The molecule has 102 valence electrons. The van der Waals surface area contributed by atoms with Gasteiger partial charge >= 0.3 is 0 Å². The largest absolute Gasteiger partial charge is 0.398 e. The molecule has 0 radical (unpaired) electrons. The number of sulfonamides is 1. The summed E-state index contributed by atoms with van der Waals surface area (Å²) in [6.45, 7) is 2.17. The van der Waals surface area contributed by atoms with Crippen LogP contribution in [0.25, 0.3) is 0 Å². The van der Waals surface area contributed by atoms with E-state index in [1.807, 2.05) is 18.4 Å². The van der Waals surface area contributed by atoms with Crippen molar-refractivity contribution in [2.75, 3.05) is 5.73 Å². The summed E-state index contributed by atoms with van der Waals surface area (Å²) in [5.41, 5.74) is 6.88. The number of aryl methyl sites for hydroxylation is 1. The predicted octanol–water partition coefficient (Wildman–Crippen LogP) is 2.77. The molecule has 0 aliphatic heterocycles. The minimum absolute atomic E-state index is 0.0640. The van der Waals surface area contributed by atoms with E-state index in [0.717, 1.165) is 10.4 Å². The Bertz CT molecular complexity index is 675. The van der Waals surface area contributed by atoms with Crippen molar-refractivity contribution in [3.8, 4) is 0 Å². The summed E-state index contributed by atoms with van der Waals surface area (Å²) in [5, 5.41) is 2.04. The molecule has 19 heavy (non-hydrogen) atoms. The number of rotatable bonds is 4. The Morgan fingerprint density at radius 2 is 2.11 bits per heavy atom. The molecule has 0 aliphatic carbocycles. The summed E-state index contributed by atoms with van der Waals surface area (Å²) in [7, 11) is -3.71. The second kappa shape index (κ2) is 5.50. The Hall–Kier alpha value is -1.08. The molecule has 0 spiro atoms. The lowest BCUT2D eigenvalue weighted by Crippen LogP contribution is -2.24. The van der Waals surface area contributed by atoms with Gasteiger partial charge in [-0.05, 0) is 36.1 Å². The smallest absolute Gasteiger partial charge is 0.244 e. The van der Waals surface area contributed by atoms with Crippen molar-refractivity contribution in [1.29, 1.82) is 0 Å². The highest BCUT2D eigenvalue weighted by Crippen LogP contribution is 2.27. The quantitative estimate of drug-likeness (QED) is 0.852. The third-order valence-corrected chi connectivity index (χ3v) is 5.62. The van der Waals surface area contributed by atoms with Crippen molar-refractivity contribution < 1.29 is 8.42 Å². The van der Waals surface area contributed by atoms with E-state index < -0.39 is 10.0 Å².